The third kappa shape index (κ3) is 3.22. The molecule has 2 heterocycles. The molecule has 1 atom stereocenters. The predicted molar refractivity (Wildman–Crippen MR) is 69.1 cm³/mol. The maximum Gasteiger partial charge on any atom is 0.338 e. The van der Waals surface area contributed by atoms with Crippen molar-refractivity contribution in [3.63, 3.8) is 0 Å². The third-order valence-corrected chi connectivity index (χ3v) is 2.82. The van der Waals surface area contributed by atoms with Crippen LogP contribution in [-0.2, 0) is 11.3 Å². The van der Waals surface area contributed by atoms with Crippen LogP contribution in [0.25, 0.3) is 0 Å². The van der Waals surface area contributed by atoms with Crippen molar-refractivity contribution in [2.24, 2.45) is 0 Å². The Morgan fingerprint density at radius 1 is 1.45 bits per heavy atom. The summed E-state index contributed by atoms with van der Waals surface area (Å²) >= 11 is 0. The standard InChI is InChI=1S/C12H15N5O3/c1-9(17-8-10(7-15-17)12(19)20)11(18)13-4-6-16-5-2-3-14-16/h2-3,5,7-9H,4,6H2,1H3,(H,13,18)(H,19,20). The summed E-state index contributed by atoms with van der Waals surface area (Å²) < 4.78 is 3.04. The molecular weight excluding hydrogens is 262 g/mol. The first-order valence-corrected chi connectivity index (χ1v) is 6.10. The van der Waals surface area contributed by atoms with Crippen molar-refractivity contribution in [1.29, 1.82) is 0 Å². The Morgan fingerprint density at radius 2 is 2.25 bits per heavy atom. The van der Waals surface area contributed by atoms with Gasteiger partial charge in [0.05, 0.1) is 18.3 Å². The van der Waals surface area contributed by atoms with E-state index >= 15 is 0 Å². The van der Waals surface area contributed by atoms with Gasteiger partial charge in [0.25, 0.3) is 0 Å². The van der Waals surface area contributed by atoms with E-state index in [2.05, 4.69) is 15.5 Å². The summed E-state index contributed by atoms with van der Waals surface area (Å²) in [5, 5.41) is 19.4. The molecule has 0 saturated heterocycles. The van der Waals surface area contributed by atoms with Crippen molar-refractivity contribution < 1.29 is 14.7 Å². The lowest BCUT2D eigenvalue weighted by Crippen LogP contribution is -2.33. The second kappa shape index (κ2) is 6.00. The lowest BCUT2D eigenvalue weighted by molar-refractivity contribution is -0.124. The first-order chi connectivity index (χ1) is 9.58. The van der Waals surface area contributed by atoms with Crippen molar-refractivity contribution in [2.75, 3.05) is 6.54 Å². The molecule has 0 aliphatic carbocycles. The van der Waals surface area contributed by atoms with E-state index < -0.39 is 12.0 Å². The molecule has 0 fully saturated rings. The Balaban J connectivity index is 1.86. The number of carbonyl (C=O) groups is 2. The van der Waals surface area contributed by atoms with Crippen molar-refractivity contribution >= 4 is 11.9 Å². The fourth-order valence-corrected chi connectivity index (χ4v) is 1.65. The normalized spacial score (nSPS) is 12.1. The van der Waals surface area contributed by atoms with Crippen LogP contribution in [0.1, 0.15) is 23.3 Å². The molecule has 8 heteroatoms. The molecule has 0 aliphatic rings. The van der Waals surface area contributed by atoms with Crippen LogP contribution in [0.15, 0.2) is 30.9 Å². The number of aromatic carboxylic acids is 1. The number of amides is 1. The highest BCUT2D eigenvalue weighted by Gasteiger charge is 2.17. The Bertz CT molecular complexity index is 590. The van der Waals surface area contributed by atoms with Gasteiger partial charge in [0.2, 0.25) is 5.91 Å². The Morgan fingerprint density at radius 3 is 2.85 bits per heavy atom. The zero-order valence-electron chi connectivity index (χ0n) is 10.9. The summed E-state index contributed by atoms with van der Waals surface area (Å²) in [6.45, 7) is 2.67. The van der Waals surface area contributed by atoms with E-state index in [0.29, 0.717) is 13.1 Å². The summed E-state index contributed by atoms with van der Waals surface area (Å²) in [6.07, 6.45) is 6.03. The average molecular weight is 277 g/mol. The Hall–Kier alpha value is -2.64. The first kappa shape index (κ1) is 13.8. The highest BCUT2D eigenvalue weighted by molar-refractivity contribution is 5.87. The number of carbonyl (C=O) groups excluding carboxylic acids is 1. The minimum atomic E-state index is -1.07. The van der Waals surface area contributed by atoms with Crippen LogP contribution >= 0.6 is 0 Å². The second-order valence-corrected chi connectivity index (χ2v) is 4.25. The number of carboxylic acid groups (broad SMARTS) is 1. The molecule has 2 N–H and O–H groups in total. The number of aromatic nitrogens is 4. The molecule has 106 valence electrons. The summed E-state index contributed by atoms with van der Waals surface area (Å²) in [5.41, 5.74) is 0.0567. The van der Waals surface area contributed by atoms with Crippen molar-refractivity contribution in [1.82, 2.24) is 24.9 Å². The highest BCUT2D eigenvalue weighted by Crippen LogP contribution is 2.06. The monoisotopic (exact) mass is 277 g/mol. The number of hydrogen-bond donors (Lipinski definition) is 2. The van der Waals surface area contributed by atoms with E-state index in [1.54, 1.807) is 17.8 Å². The van der Waals surface area contributed by atoms with Crippen LogP contribution in [-0.4, -0.2) is 43.1 Å². The van der Waals surface area contributed by atoms with E-state index in [0.717, 1.165) is 0 Å². The number of hydrogen-bond acceptors (Lipinski definition) is 4. The molecule has 2 aromatic rings. The summed E-state index contributed by atoms with van der Waals surface area (Å²) in [4.78, 5) is 22.6. The molecule has 0 aromatic carbocycles. The zero-order valence-corrected chi connectivity index (χ0v) is 10.9. The van der Waals surface area contributed by atoms with Gasteiger partial charge in [-0.25, -0.2) is 4.79 Å². The van der Waals surface area contributed by atoms with Gasteiger partial charge in [-0.1, -0.05) is 0 Å². The topological polar surface area (TPSA) is 102 Å². The molecule has 2 aromatic heterocycles. The Kier molecular flexibility index (Phi) is 4.14. The molecule has 1 amide bonds. The maximum absolute atomic E-state index is 11.9. The highest BCUT2D eigenvalue weighted by atomic mass is 16.4. The van der Waals surface area contributed by atoms with Gasteiger partial charge in [-0.2, -0.15) is 10.2 Å². The van der Waals surface area contributed by atoms with Crippen molar-refractivity contribution in [3.05, 3.63) is 36.4 Å². The van der Waals surface area contributed by atoms with Gasteiger partial charge in [-0.05, 0) is 13.0 Å². The van der Waals surface area contributed by atoms with E-state index in [1.165, 1.54) is 17.1 Å². The molecule has 8 nitrogen and oxygen atoms in total. The molecule has 0 bridgehead atoms. The molecule has 0 radical (unpaired) electrons. The average Bonchev–Trinajstić information content (AvgIpc) is 3.08. The largest absolute Gasteiger partial charge is 0.478 e. The van der Waals surface area contributed by atoms with Crippen LogP contribution in [0.2, 0.25) is 0 Å². The van der Waals surface area contributed by atoms with E-state index in [-0.39, 0.29) is 11.5 Å². The second-order valence-electron chi connectivity index (χ2n) is 4.25. The molecule has 0 saturated carbocycles. The Labute approximate surface area is 115 Å². The maximum atomic E-state index is 11.9. The van der Waals surface area contributed by atoms with Crippen LogP contribution in [0.4, 0.5) is 0 Å². The lowest BCUT2D eigenvalue weighted by Gasteiger charge is -2.12. The molecular formula is C12H15N5O3. The van der Waals surface area contributed by atoms with E-state index in [4.69, 9.17) is 5.11 Å². The fourth-order valence-electron chi connectivity index (χ4n) is 1.65. The summed E-state index contributed by atoms with van der Waals surface area (Å²) in [5.74, 6) is -1.29. The molecule has 1 unspecified atom stereocenters. The first-order valence-electron chi connectivity index (χ1n) is 6.10. The van der Waals surface area contributed by atoms with Crippen molar-refractivity contribution in [3.8, 4) is 0 Å². The predicted octanol–water partition coefficient (Wildman–Crippen LogP) is 0.155. The number of nitrogens with zero attached hydrogens (tertiary/aromatic N) is 4. The van der Waals surface area contributed by atoms with Crippen molar-refractivity contribution in [2.45, 2.75) is 19.5 Å². The van der Waals surface area contributed by atoms with Gasteiger partial charge >= 0.3 is 5.97 Å². The van der Waals surface area contributed by atoms with Crippen LogP contribution in [0.3, 0.4) is 0 Å². The van der Waals surface area contributed by atoms with E-state index in [1.807, 2.05) is 12.3 Å². The molecule has 20 heavy (non-hydrogen) atoms. The van der Waals surface area contributed by atoms with Gasteiger partial charge in [0, 0.05) is 25.1 Å². The van der Waals surface area contributed by atoms with Crippen LogP contribution in [0, 0.1) is 0 Å². The lowest BCUT2D eigenvalue weighted by atomic mass is 10.3. The third-order valence-electron chi connectivity index (χ3n) is 2.82. The number of carboxylic acids is 1. The quantitative estimate of drug-likeness (QED) is 0.782. The SMILES string of the molecule is CC(C(=O)NCCn1cccn1)n1cc(C(=O)O)cn1. The van der Waals surface area contributed by atoms with Gasteiger partial charge in [0.1, 0.15) is 6.04 Å². The minimum absolute atomic E-state index is 0.0567. The van der Waals surface area contributed by atoms with Crippen LogP contribution < -0.4 is 5.32 Å². The number of nitrogens with one attached hydrogen (secondary N) is 1. The molecule has 0 spiro atoms. The summed E-state index contributed by atoms with van der Waals surface area (Å²) in [7, 11) is 0. The zero-order chi connectivity index (χ0) is 14.5. The molecule has 2 rings (SSSR count). The smallest absolute Gasteiger partial charge is 0.338 e. The molecule has 0 aliphatic heterocycles. The van der Waals surface area contributed by atoms with Gasteiger partial charge in [-0.3, -0.25) is 14.2 Å². The number of rotatable bonds is 6. The minimum Gasteiger partial charge on any atom is -0.478 e. The van der Waals surface area contributed by atoms with Gasteiger partial charge in [-0.15, -0.1) is 0 Å². The van der Waals surface area contributed by atoms with Crippen LogP contribution in [0.5, 0.6) is 0 Å². The summed E-state index contributed by atoms with van der Waals surface area (Å²) in [6, 6.07) is 1.24. The van der Waals surface area contributed by atoms with Gasteiger partial charge < -0.3 is 10.4 Å². The van der Waals surface area contributed by atoms with E-state index in [9.17, 15) is 9.59 Å². The van der Waals surface area contributed by atoms with Gasteiger partial charge in [0.15, 0.2) is 0 Å². The fraction of sp³-hybridized carbons (Fsp3) is 0.333.